The number of hydrogen-bond donors (Lipinski definition) is 2. The molecule has 1 amide bonds. The van der Waals surface area contributed by atoms with E-state index in [9.17, 15) is 18.0 Å². The fraction of sp³-hybridized carbons (Fsp3) is 0.929. The summed E-state index contributed by atoms with van der Waals surface area (Å²) in [5.41, 5.74) is 5.65. The molecule has 0 spiro atoms. The standard InChI is InChI=1S/C14H23F3N2O/c15-14(16,17)10-4-2-5-11(7-10)19-13(20)12-6-1-3-9(12)8-18/h9-12H,1-8,18H2,(H,19,20). The Morgan fingerprint density at radius 1 is 1.15 bits per heavy atom. The molecule has 2 fully saturated rings. The second kappa shape index (κ2) is 6.33. The molecule has 116 valence electrons. The smallest absolute Gasteiger partial charge is 0.353 e. The molecule has 2 saturated carbocycles. The number of nitrogens with one attached hydrogen (secondary N) is 1. The Morgan fingerprint density at radius 3 is 2.50 bits per heavy atom. The van der Waals surface area contributed by atoms with Crippen molar-refractivity contribution in [1.82, 2.24) is 5.32 Å². The van der Waals surface area contributed by atoms with Crippen LogP contribution in [0.2, 0.25) is 0 Å². The van der Waals surface area contributed by atoms with Crippen LogP contribution in [0, 0.1) is 17.8 Å². The van der Waals surface area contributed by atoms with Gasteiger partial charge in [0, 0.05) is 12.0 Å². The van der Waals surface area contributed by atoms with Crippen LogP contribution >= 0.6 is 0 Å². The van der Waals surface area contributed by atoms with Gasteiger partial charge in [-0.25, -0.2) is 0 Å². The minimum atomic E-state index is -4.14. The van der Waals surface area contributed by atoms with Crippen molar-refractivity contribution in [1.29, 1.82) is 0 Å². The normalized spacial score (nSPS) is 35.0. The third-order valence-electron chi connectivity index (χ3n) is 4.78. The molecule has 20 heavy (non-hydrogen) atoms. The number of hydrogen-bond acceptors (Lipinski definition) is 2. The molecule has 0 aliphatic heterocycles. The van der Waals surface area contributed by atoms with Crippen LogP contribution in [0.4, 0.5) is 13.2 Å². The number of halogens is 3. The van der Waals surface area contributed by atoms with Gasteiger partial charge in [-0.2, -0.15) is 13.2 Å². The monoisotopic (exact) mass is 292 g/mol. The highest BCUT2D eigenvalue weighted by Crippen LogP contribution is 2.38. The van der Waals surface area contributed by atoms with Crippen LogP contribution in [0.1, 0.15) is 44.9 Å². The second-order valence-corrected chi connectivity index (χ2v) is 6.14. The van der Waals surface area contributed by atoms with Crippen molar-refractivity contribution < 1.29 is 18.0 Å². The average Bonchev–Trinajstić information content (AvgIpc) is 2.86. The zero-order valence-corrected chi connectivity index (χ0v) is 11.6. The maximum Gasteiger partial charge on any atom is 0.391 e. The molecule has 0 aromatic rings. The van der Waals surface area contributed by atoms with Crippen LogP contribution in [0.3, 0.4) is 0 Å². The Hall–Kier alpha value is -0.780. The molecule has 0 saturated heterocycles. The van der Waals surface area contributed by atoms with E-state index in [-0.39, 0.29) is 36.6 Å². The Balaban J connectivity index is 1.88. The molecule has 2 aliphatic rings. The molecular weight excluding hydrogens is 269 g/mol. The number of carbonyl (C=O) groups is 1. The molecule has 0 heterocycles. The molecule has 4 unspecified atom stereocenters. The van der Waals surface area contributed by atoms with Crippen molar-refractivity contribution in [3.63, 3.8) is 0 Å². The maximum absolute atomic E-state index is 12.7. The van der Waals surface area contributed by atoms with Gasteiger partial charge >= 0.3 is 6.18 Å². The van der Waals surface area contributed by atoms with Crippen LogP contribution < -0.4 is 11.1 Å². The predicted molar refractivity (Wildman–Crippen MR) is 69.8 cm³/mol. The summed E-state index contributed by atoms with van der Waals surface area (Å²) in [6, 6.07) is -0.332. The highest BCUT2D eigenvalue weighted by Gasteiger charge is 2.43. The van der Waals surface area contributed by atoms with Gasteiger partial charge in [-0.1, -0.05) is 12.8 Å². The highest BCUT2D eigenvalue weighted by atomic mass is 19.4. The molecule has 0 aromatic heterocycles. The first kappa shape index (κ1) is 15.6. The van der Waals surface area contributed by atoms with Gasteiger partial charge in [0.25, 0.3) is 0 Å². The number of rotatable bonds is 3. The van der Waals surface area contributed by atoms with Crippen LogP contribution in [0.15, 0.2) is 0 Å². The Kier molecular flexibility index (Phi) is 4.94. The Bertz CT molecular complexity index is 346. The van der Waals surface area contributed by atoms with Crippen molar-refractivity contribution in [2.75, 3.05) is 6.54 Å². The molecule has 4 atom stereocenters. The minimum Gasteiger partial charge on any atom is -0.353 e. The minimum absolute atomic E-state index is 0.0231. The first-order valence-corrected chi connectivity index (χ1v) is 7.49. The molecule has 3 N–H and O–H groups in total. The summed E-state index contributed by atoms with van der Waals surface area (Å²) in [5.74, 6) is -1.27. The van der Waals surface area contributed by atoms with Gasteiger partial charge in [0.05, 0.1) is 5.92 Å². The van der Waals surface area contributed by atoms with Gasteiger partial charge in [-0.3, -0.25) is 4.79 Å². The quantitative estimate of drug-likeness (QED) is 0.840. The highest BCUT2D eigenvalue weighted by molar-refractivity contribution is 5.79. The predicted octanol–water partition coefficient (Wildman–Crippen LogP) is 2.60. The number of alkyl halides is 3. The van der Waals surface area contributed by atoms with Gasteiger partial charge in [-0.05, 0) is 44.6 Å². The third-order valence-corrected chi connectivity index (χ3v) is 4.78. The molecule has 6 heteroatoms. The largest absolute Gasteiger partial charge is 0.391 e. The molecular formula is C14H23F3N2O. The molecule has 0 aromatic carbocycles. The maximum atomic E-state index is 12.7. The summed E-state index contributed by atoms with van der Waals surface area (Å²) in [5, 5.41) is 2.83. The van der Waals surface area contributed by atoms with Gasteiger partial charge in [0.1, 0.15) is 0 Å². The van der Waals surface area contributed by atoms with Crippen LogP contribution in [0.25, 0.3) is 0 Å². The van der Waals surface area contributed by atoms with E-state index < -0.39 is 12.1 Å². The lowest BCUT2D eigenvalue weighted by Gasteiger charge is -2.32. The average molecular weight is 292 g/mol. The second-order valence-electron chi connectivity index (χ2n) is 6.14. The molecule has 3 nitrogen and oxygen atoms in total. The van der Waals surface area contributed by atoms with Crippen LogP contribution in [0.5, 0.6) is 0 Å². The van der Waals surface area contributed by atoms with E-state index in [4.69, 9.17) is 5.73 Å². The number of amides is 1. The molecule has 0 radical (unpaired) electrons. The summed E-state index contributed by atoms with van der Waals surface area (Å²) in [4.78, 5) is 12.2. The number of carbonyl (C=O) groups excluding carboxylic acids is 1. The first-order valence-electron chi connectivity index (χ1n) is 7.49. The third kappa shape index (κ3) is 3.65. The SMILES string of the molecule is NCC1CCCC1C(=O)NC1CCCC(C(F)(F)F)C1. The summed E-state index contributed by atoms with van der Waals surface area (Å²) in [6.07, 6.45) is -0.0156. The van der Waals surface area contributed by atoms with Gasteiger partial charge < -0.3 is 11.1 Å². The lowest BCUT2D eigenvalue weighted by atomic mass is 9.84. The fourth-order valence-electron chi connectivity index (χ4n) is 3.59. The van der Waals surface area contributed by atoms with Crippen molar-refractivity contribution in [2.24, 2.45) is 23.5 Å². The Labute approximate surface area is 117 Å². The van der Waals surface area contributed by atoms with Crippen LogP contribution in [-0.2, 0) is 4.79 Å². The molecule has 2 aliphatic carbocycles. The summed E-state index contributed by atoms with van der Waals surface area (Å²) >= 11 is 0. The lowest BCUT2D eigenvalue weighted by molar-refractivity contribution is -0.184. The van der Waals surface area contributed by atoms with E-state index in [0.29, 0.717) is 19.4 Å². The van der Waals surface area contributed by atoms with Crippen molar-refractivity contribution in [2.45, 2.75) is 57.2 Å². The van der Waals surface area contributed by atoms with E-state index in [1.807, 2.05) is 0 Å². The van der Waals surface area contributed by atoms with Crippen molar-refractivity contribution in [3.8, 4) is 0 Å². The summed E-state index contributed by atoms with van der Waals surface area (Å²) < 4.78 is 38.2. The van der Waals surface area contributed by atoms with E-state index >= 15 is 0 Å². The number of nitrogens with two attached hydrogens (primary N) is 1. The van der Waals surface area contributed by atoms with Gasteiger partial charge in [-0.15, -0.1) is 0 Å². The van der Waals surface area contributed by atoms with E-state index in [0.717, 1.165) is 19.3 Å². The summed E-state index contributed by atoms with van der Waals surface area (Å²) in [7, 11) is 0. The summed E-state index contributed by atoms with van der Waals surface area (Å²) in [6.45, 7) is 0.480. The zero-order chi connectivity index (χ0) is 14.8. The van der Waals surface area contributed by atoms with E-state index in [1.165, 1.54) is 0 Å². The molecule has 0 bridgehead atoms. The molecule has 2 rings (SSSR count). The van der Waals surface area contributed by atoms with Crippen molar-refractivity contribution >= 4 is 5.91 Å². The van der Waals surface area contributed by atoms with E-state index in [1.54, 1.807) is 0 Å². The van der Waals surface area contributed by atoms with Gasteiger partial charge in [0.2, 0.25) is 5.91 Å². The fourth-order valence-corrected chi connectivity index (χ4v) is 3.59. The van der Waals surface area contributed by atoms with E-state index in [2.05, 4.69) is 5.32 Å². The lowest BCUT2D eigenvalue weighted by Crippen LogP contribution is -2.45. The first-order chi connectivity index (χ1) is 9.41. The van der Waals surface area contributed by atoms with Gasteiger partial charge in [0.15, 0.2) is 0 Å². The van der Waals surface area contributed by atoms with Crippen LogP contribution in [-0.4, -0.2) is 24.7 Å². The Morgan fingerprint density at radius 2 is 1.85 bits per heavy atom. The van der Waals surface area contributed by atoms with Crippen molar-refractivity contribution in [3.05, 3.63) is 0 Å². The topological polar surface area (TPSA) is 55.1 Å². The zero-order valence-electron chi connectivity index (χ0n) is 11.6.